The van der Waals surface area contributed by atoms with Gasteiger partial charge in [-0.3, -0.25) is 4.79 Å². The quantitative estimate of drug-likeness (QED) is 0.786. The fourth-order valence-electron chi connectivity index (χ4n) is 3.75. The van der Waals surface area contributed by atoms with E-state index in [0.29, 0.717) is 32.4 Å². The summed E-state index contributed by atoms with van der Waals surface area (Å²) >= 11 is 0. The van der Waals surface area contributed by atoms with Crippen molar-refractivity contribution in [1.82, 2.24) is 9.62 Å². The number of carbonyl (C=O) groups is 1. The molecule has 3 rings (SSSR count). The number of hydrogen-bond acceptors (Lipinski definition) is 4. The molecule has 1 heterocycles. The van der Waals surface area contributed by atoms with Crippen molar-refractivity contribution < 1.29 is 17.9 Å². The van der Waals surface area contributed by atoms with E-state index in [9.17, 15) is 13.2 Å². The number of carbonyl (C=O) groups excluding carboxylic acids is 1. The van der Waals surface area contributed by atoms with E-state index in [4.69, 9.17) is 4.74 Å². The maximum absolute atomic E-state index is 12.6. The number of nitrogens with zero attached hydrogens (tertiary/aromatic N) is 1. The van der Waals surface area contributed by atoms with E-state index >= 15 is 0 Å². The molecule has 0 radical (unpaired) electrons. The van der Waals surface area contributed by atoms with Crippen LogP contribution in [0.1, 0.15) is 44.1 Å². The van der Waals surface area contributed by atoms with Crippen LogP contribution in [0.15, 0.2) is 30.3 Å². The lowest BCUT2D eigenvalue weighted by Crippen LogP contribution is -2.49. The molecule has 1 N–H and O–H groups in total. The zero-order valence-electron chi connectivity index (χ0n) is 15.3. The number of amides is 1. The van der Waals surface area contributed by atoms with Crippen LogP contribution >= 0.6 is 0 Å². The Balaban J connectivity index is 1.47. The zero-order valence-corrected chi connectivity index (χ0v) is 16.1. The van der Waals surface area contributed by atoms with Gasteiger partial charge in [-0.2, -0.15) is 0 Å². The maximum Gasteiger partial charge on any atom is 0.223 e. The first kappa shape index (κ1) is 19.3. The van der Waals surface area contributed by atoms with Gasteiger partial charge in [0.05, 0.1) is 17.8 Å². The zero-order chi connectivity index (χ0) is 18.6. The highest BCUT2D eigenvalue weighted by atomic mass is 32.2. The van der Waals surface area contributed by atoms with Crippen LogP contribution in [0.3, 0.4) is 0 Å². The Morgan fingerprint density at radius 2 is 1.88 bits per heavy atom. The molecule has 0 atom stereocenters. The average Bonchev–Trinajstić information content (AvgIpc) is 2.59. The number of ether oxygens (including phenoxy) is 1. The van der Waals surface area contributed by atoms with E-state index in [0.717, 1.165) is 24.8 Å². The summed E-state index contributed by atoms with van der Waals surface area (Å²) in [6, 6.07) is 9.28. The molecule has 0 spiro atoms. The van der Waals surface area contributed by atoms with Crippen molar-refractivity contribution in [2.75, 3.05) is 20.2 Å². The molecule has 26 heavy (non-hydrogen) atoms. The lowest BCUT2D eigenvalue weighted by molar-refractivity contribution is -0.135. The summed E-state index contributed by atoms with van der Waals surface area (Å²) in [7, 11) is -1.65. The molecular weight excluding hydrogens is 352 g/mol. The minimum Gasteiger partial charge on any atom is -0.378 e. The molecule has 1 aromatic rings. The number of hydrogen-bond donors (Lipinski definition) is 1. The van der Waals surface area contributed by atoms with Crippen LogP contribution in [0.4, 0.5) is 0 Å². The predicted octanol–water partition coefficient (Wildman–Crippen LogP) is 2.06. The number of methoxy groups -OCH3 is 1. The molecule has 1 saturated carbocycles. The van der Waals surface area contributed by atoms with Crippen LogP contribution in [0, 0.1) is 0 Å². The van der Waals surface area contributed by atoms with Crippen molar-refractivity contribution in [2.45, 2.75) is 55.9 Å². The first-order valence-corrected chi connectivity index (χ1v) is 10.9. The molecule has 1 aliphatic heterocycles. The van der Waals surface area contributed by atoms with Crippen LogP contribution < -0.4 is 5.32 Å². The normalized spacial score (nSPS) is 21.1. The second kappa shape index (κ2) is 8.06. The third-order valence-corrected chi connectivity index (χ3v) is 7.43. The van der Waals surface area contributed by atoms with Gasteiger partial charge in [0.15, 0.2) is 0 Å². The Bertz CT molecular complexity index is 703. The fraction of sp³-hybridized carbons (Fsp3) is 0.632. The van der Waals surface area contributed by atoms with Crippen molar-refractivity contribution in [1.29, 1.82) is 0 Å². The smallest absolute Gasteiger partial charge is 0.223 e. The molecule has 1 amide bonds. The largest absolute Gasteiger partial charge is 0.378 e. The van der Waals surface area contributed by atoms with E-state index in [1.807, 2.05) is 30.3 Å². The molecule has 144 valence electrons. The number of nitrogens with one attached hydrogen (secondary N) is 1. The summed E-state index contributed by atoms with van der Waals surface area (Å²) in [5, 5.41) is 3.06. The van der Waals surface area contributed by atoms with Gasteiger partial charge in [-0.25, -0.2) is 12.7 Å². The van der Waals surface area contributed by atoms with Crippen molar-refractivity contribution >= 4 is 15.9 Å². The Labute approximate surface area is 156 Å². The molecule has 2 aliphatic rings. The minimum absolute atomic E-state index is 0.0112. The highest BCUT2D eigenvalue weighted by Gasteiger charge is 2.39. The Hall–Kier alpha value is -1.44. The molecule has 0 bridgehead atoms. The Kier molecular flexibility index (Phi) is 5.99. The van der Waals surface area contributed by atoms with Crippen LogP contribution in [0.5, 0.6) is 0 Å². The summed E-state index contributed by atoms with van der Waals surface area (Å²) in [5.41, 5.74) is 0.525. The minimum atomic E-state index is -3.32. The molecule has 1 aromatic carbocycles. The number of rotatable bonds is 7. The number of sulfonamides is 1. The number of piperidine rings is 1. The first-order valence-electron chi connectivity index (χ1n) is 9.29. The Morgan fingerprint density at radius 1 is 1.23 bits per heavy atom. The van der Waals surface area contributed by atoms with Crippen molar-refractivity contribution in [3.63, 3.8) is 0 Å². The van der Waals surface area contributed by atoms with Gasteiger partial charge in [-0.1, -0.05) is 30.3 Å². The van der Waals surface area contributed by atoms with Gasteiger partial charge in [0.2, 0.25) is 15.9 Å². The molecule has 6 nitrogen and oxygen atoms in total. The predicted molar refractivity (Wildman–Crippen MR) is 100 cm³/mol. The summed E-state index contributed by atoms with van der Waals surface area (Å²) in [6.07, 6.45) is 4.69. The van der Waals surface area contributed by atoms with E-state index < -0.39 is 10.0 Å². The lowest BCUT2D eigenvalue weighted by Gasteiger charge is -2.40. The van der Waals surface area contributed by atoms with E-state index in [1.54, 1.807) is 11.4 Å². The molecule has 0 unspecified atom stereocenters. The third-order valence-electron chi connectivity index (χ3n) is 5.58. The standard InChI is InChI=1S/C19H28N2O4S/c1-25-19(10-5-11-19)14-18(22)20-17-8-12-21(13-9-17)26(23,24)15-16-6-3-2-4-7-16/h2-4,6-7,17H,5,8-15H2,1H3,(H,20,22). The van der Waals surface area contributed by atoms with Crippen molar-refractivity contribution in [2.24, 2.45) is 0 Å². The van der Waals surface area contributed by atoms with Crippen LogP contribution in [-0.4, -0.2) is 50.5 Å². The summed E-state index contributed by atoms with van der Waals surface area (Å²) in [6.45, 7) is 0.908. The van der Waals surface area contributed by atoms with Crippen molar-refractivity contribution in [3.8, 4) is 0 Å². The third kappa shape index (κ3) is 4.64. The van der Waals surface area contributed by atoms with Gasteiger partial charge in [-0.05, 0) is 37.7 Å². The van der Waals surface area contributed by atoms with Crippen LogP contribution in [0.2, 0.25) is 0 Å². The van der Waals surface area contributed by atoms with Gasteiger partial charge >= 0.3 is 0 Å². The summed E-state index contributed by atoms with van der Waals surface area (Å²) < 4.78 is 32.2. The Morgan fingerprint density at radius 3 is 2.42 bits per heavy atom. The highest BCUT2D eigenvalue weighted by Crippen LogP contribution is 2.37. The summed E-state index contributed by atoms with van der Waals surface area (Å²) in [5.74, 6) is 0.0402. The second-order valence-corrected chi connectivity index (χ2v) is 9.37. The fourth-order valence-corrected chi connectivity index (χ4v) is 5.31. The average molecular weight is 381 g/mol. The monoisotopic (exact) mass is 380 g/mol. The molecular formula is C19H28N2O4S. The number of benzene rings is 1. The first-order chi connectivity index (χ1) is 12.4. The van der Waals surface area contributed by atoms with Crippen LogP contribution in [0.25, 0.3) is 0 Å². The van der Waals surface area contributed by atoms with Crippen LogP contribution in [-0.2, 0) is 25.3 Å². The SMILES string of the molecule is COC1(CC(=O)NC2CCN(S(=O)(=O)Cc3ccccc3)CC2)CCC1. The topological polar surface area (TPSA) is 75.7 Å². The van der Waals surface area contributed by atoms with Crippen molar-refractivity contribution in [3.05, 3.63) is 35.9 Å². The summed E-state index contributed by atoms with van der Waals surface area (Å²) in [4.78, 5) is 12.3. The second-order valence-electron chi connectivity index (χ2n) is 7.40. The highest BCUT2D eigenvalue weighted by molar-refractivity contribution is 7.88. The van der Waals surface area contributed by atoms with Gasteiger partial charge in [0, 0.05) is 26.2 Å². The molecule has 0 aromatic heterocycles. The lowest BCUT2D eigenvalue weighted by atomic mass is 9.77. The van der Waals surface area contributed by atoms with Gasteiger partial charge in [-0.15, -0.1) is 0 Å². The molecule has 1 aliphatic carbocycles. The van der Waals surface area contributed by atoms with Gasteiger partial charge in [0.25, 0.3) is 0 Å². The van der Waals surface area contributed by atoms with E-state index in [-0.39, 0.29) is 23.3 Å². The maximum atomic E-state index is 12.6. The van der Waals surface area contributed by atoms with Gasteiger partial charge < -0.3 is 10.1 Å². The molecule has 7 heteroatoms. The molecule has 1 saturated heterocycles. The van der Waals surface area contributed by atoms with E-state index in [2.05, 4.69) is 5.32 Å². The van der Waals surface area contributed by atoms with E-state index in [1.165, 1.54) is 0 Å². The van der Waals surface area contributed by atoms with Gasteiger partial charge in [0.1, 0.15) is 0 Å². The molecule has 2 fully saturated rings.